The van der Waals surface area contributed by atoms with Crippen molar-refractivity contribution < 1.29 is 9.53 Å². The van der Waals surface area contributed by atoms with Crippen LogP contribution in [0.4, 0.5) is 0 Å². The van der Waals surface area contributed by atoms with Crippen LogP contribution in [0, 0.1) is 0 Å². The highest BCUT2D eigenvalue weighted by molar-refractivity contribution is 5.81. The van der Waals surface area contributed by atoms with Crippen molar-refractivity contribution in [3.63, 3.8) is 0 Å². The van der Waals surface area contributed by atoms with Crippen LogP contribution in [0.15, 0.2) is 0 Å². The molecule has 0 spiro atoms. The van der Waals surface area contributed by atoms with Crippen LogP contribution in [0.25, 0.3) is 0 Å². The van der Waals surface area contributed by atoms with Gasteiger partial charge in [0.05, 0.1) is 17.8 Å². The number of hydrogen-bond acceptors (Lipinski definition) is 4. The number of fused-ring (bicyclic) bond motifs is 1. The van der Waals surface area contributed by atoms with Crippen LogP contribution < -0.4 is 5.32 Å². The average Bonchev–Trinajstić information content (AvgIpc) is 3.20. The van der Waals surface area contributed by atoms with Crippen molar-refractivity contribution in [2.75, 3.05) is 19.7 Å². The van der Waals surface area contributed by atoms with E-state index in [1.165, 1.54) is 30.1 Å². The Hall–Kier alpha value is -1.40. The molecule has 1 amide bonds. The Labute approximate surface area is 143 Å². The number of nitrogens with one attached hydrogen (secondary N) is 1. The van der Waals surface area contributed by atoms with Crippen LogP contribution in [-0.2, 0) is 29.5 Å². The molecule has 0 bridgehead atoms. The van der Waals surface area contributed by atoms with Crippen LogP contribution in [0.2, 0.25) is 0 Å². The van der Waals surface area contributed by atoms with Crippen molar-refractivity contribution in [1.82, 2.24) is 19.8 Å². The number of amides is 1. The van der Waals surface area contributed by atoms with Gasteiger partial charge in [-0.15, -0.1) is 0 Å². The largest absolute Gasteiger partial charge is 0.376 e. The monoisotopic (exact) mass is 332 g/mol. The molecule has 1 aromatic heterocycles. The molecule has 3 aliphatic rings. The lowest BCUT2D eigenvalue weighted by atomic mass is 10.1. The first-order chi connectivity index (χ1) is 11.6. The van der Waals surface area contributed by atoms with E-state index in [0.717, 1.165) is 39.0 Å². The molecule has 2 aliphatic heterocycles. The van der Waals surface area contributed by atoms with Gasteiger partial charge in [0.2, 0.25) is 5.91 Å². The Balaban J connectivity index is 1.36. The molecule has 2 fully saturated rings. The second-order valence-electron chi connectivity index (χ2n) is 7.47. The molecule has 1 N–H and O–H groups in total. The Bertz CT molecular complexity index is 617. The molecule has 0 radical (unpaired) electrons. The van der Waals surface area contributed by atoms with Gasteiger partial charge in [0.1, 0.15) is 5.82 Å². The molecule has 132 valence electrons. The zero-order valence-corrected chi connectivity index (χ0v) is 14.8. The van der Waals surface area contributed by atoms with Crippen LogP contribution in [0.1, 0.15) is 55.7 Å². The molecule has 4 rings (SSSR count). The highest BCUT2D eigenvalue weighted by Crippen LogP contribution is 2.40. The molecule has 3 heterocycles. The smallest absolute Gasteiger partial charge is 0.237 e. The van der Waals surface area contributed by atoms with Crippen molar-refractivity contribution in [2.24, 2.45) is 7.05 Å². The molecular formula is C18H28N4O2. The van der Waals surface area contributed by atoms with Gasteiger partial charge in [-0.1, -0.05) is 0 Å². The zero-order valence-electron chi connectivity index (χ0n) is 14.8. The SMILES string of the molecule is C[C@@H](C(=O)NC[C@H]1CCCO1)N1CCc2c(nc(C3CC3)n2C)C1. The van der Waals surface area contributed by atoms with E-state index < -0.39 is 0 Å². The first kappa shape index (κ1) is 16.1. The third-order valence-electron chi connectivity index (χ3n) is 5.72. The molecule has 0 aromatic carbocycles. The van der Waals surface area contributed by atoms with E-state index in [4.69, 9.17) is 9.72 Å². The quantitative estimate of drug-likeness (QED) is 0.884. The summed E-state index contributed by atoms with van der Waals surface area (Å²) in [6.07, 6.45) is 5.89. The van der Waals surface area contributed by atoms with E-state index in [0.29, 0.717) is 12.5 Å². The number of hydrogen-bond donors (Lipinski definition) is 1. The fourth-order valence-electron chi connectivity index (χ4n) is 3.94. The number of rotatable bonds is 5. The highest BCUT2D eigenvalue weighted by Gasteiger charge is 2.33. The second kappa shape index (κ2) is 6.48. The Kier molecular flexibility index (Phi) is 4.35. The summed E-state index contributed by atoms with van der Waals surface area (Å²) in [5.74, 6) is 2.02. The Morgan fingerprint density at radius 3 is 2.96 bits per heavy atom. The first-order valence-corrected chi connectivity index (χ1v) is 9.31. The van der Waals surface area contributed by atoms with E-state index in [1.807, 2.05) is 6.92 Å². The lowest BCUT2D eigenvalue weighted by Gasteiger charge is -2.31. The minimum Gasteiger partial charge on any atom is -0.376 e. The molecule has 1 saturated heterocycles. The molecule has 1 aliphatic carbocycles. The molecular weight excluding hydrogens is 304 g/mol. The minimum absolute atomic E-state index is 0.104. The van der Waals surface area contributed by atoms with E-state index in [2.05, 4.69) is 21.8 Å². The standard InChI is InChI=1S/C18H28N4O2/c1-12(18(23)19-10-14-4-3-9-24-14)22-8-7-16-15(11-22)20-17(21(16)2)13-5-6-13/h12-14H,3-11H2,1-2H3,(H,19,23)/t12-,14+/m0/s1. The van der Waals surface area contributed by atoms with Crippen LogP contribution in [0.5, 0.6) is 0 Å². The van der Waals surface area contributed by atoms with Gasteiger partial charge in [-0.3, -0.25) is 9.69 Å². The molecule has 6 nitrogen and oxygen atoms in total. The summed E-state index contributed by atoms with van der Waals surface area (Å²) in [6, 6.07) is -0.120. The number of imidazole rings is 1. The summed E-state index contributed by atoms with van der Waals surface area (Å²) in [4.78, 5) is 19.6. The topological polar surface area (TPSA) is 59.4 Å². The summed E-state index contributed by atoms with van der Waals surface area (Å²) >= 11 is 0. The maximum Gasteiger partial charge on any atom is 0.237 e. The molecule has 1 saturated carbocycles. The summed E-state index contributed by atoms with van der Waals surface area (Å²) in [7, 11) is 2.15. The number of carbonyl (C=O) groups excluding carboxylic acids is 1. The maximum atomic E-state index is 12.5. The third-order valence-corrected chi connectivity index (χ3v) is 5.72. The summed E-state index contributed by atoms with van der Waals surface area (Å²) < 4.78 is 7.88. The number of aromatic nitrogens is 2. The van der Waals surface area contributed by atoms with Gasteiger partial charge in [-0.05, 0) is 32.6 Å². The number of carbonyl (C=O) groups is 1. The van der Waals surface area contributed by atoms with Crippen LogP contribution in [0.3, 0.4) is 0 Å². The van der Waals surface area contributed by atoms with E-state index in [-0.39, 0.29) is 18.1 Å². The predicted molar refractivity (Wildman–Crippen MR) is 90.7 cm³/mol. The van der Waals surface area contributed by atoms with E-state index in [9.17, 15) is 4.79 Å². The Morgan fingerprint density at radius 1 is 1.42 bits per heavy atom. The third kappa shape index (κ3) is 3.09. The van der Waals surface area contributed by atoms with Crippen molar-refractivity contribution in [2.45, 2.75) is 63.6 Å². The molecule has 2 atom stereocenters. The second-order valence-corrected chi connectivity index (χ2v) is 7.47. The maximum absolute atomic E-state index is 12.5. The lowest BCUT2D eigenvalue weighted by molar-refractivity contribution is -0.126. The first-order valence-electron chi connectivity index (χ1n) is 9.31. The Morgan fingerprint density at radius 2 is 2.25 bits per heavy atom. The number of nitrogens with zero attached hydrogens (tertiary/aromatic N) is 3. The molecule has 24 heavy (non-hydrogen) atoms. The van der Waals surface area contributed by atoms with Gasteiger partial charge in [0, 0.05) is 51.3 Å². The fourth-order valence-corrected chi connectivity index (χ4v) is 3.94. The predicted octanol–water partition coefficient (Wildman–Crippen LogP) is 1.34. The van der Waals surface area contributed by atoms with Gasteiger partial charge in [0.15, 0.2) is 0 Å². The summed E-state index contributed by atoms with van der Waals surface area (Å²) in [5.41, 5.74) is 2.53. The van der Waals surface area contributed by atoms with Crippen molar-refractivity contribution in [3.8, 4) is 0 Å². The van der Waals surface area contributed by atoms with Gasteiger partial charge < -0.3 is 14.6 Å². The lowest BCUT2D eigenvalue weighted by Crippen LogP contribution is -2.48. The van der Waals surface area contributed by atoms with Crippen molar-refractivity contribution >= 4 is 5.91 Å². The zero-order chi connectivity index (χ0) is 16.7. The number of ether oxygens (including phenoxy) is 1. The van der Waals surface area contributed by atoms with Gasteiger partial charge in [-0.2, -0.15) is 0 Å². The fraction of sp³-hybridized carbons (Fsp3) is 0.778. The van der Waals surface area contributed by atoms with Crippen LogP contribution in [-0.4, -0.2) is 52.2 Å². The van der Waals surface area contributed by atoms with Gasteiger partial charge in [-0.25, -0.2) is 4.98 Å². The minimum atomic E-state index is -0.120. The average molecular weight is 332 g/mol. The molecule has 1 aromatic rings. The van der Waals surface area contributed by atoms with Gasteiger partial charge >= 0.3 is 0 Å². The van der Waals surface area contributed by atoms with Crippen LogP contribution >= 0.6 is 0 Å². The molecule has 0 unspecified atom stereocenters. The van der Waals surface area contributed by atoms with Crippen molar-refractivity contribution in [1.29, 1.82) is 0 Å². The summed E-state index contributed by atoms with van der Waals surface area (Å²) in [5, 5.41) is 3.06. The molecule has 6 heteroatoms. The van der Waals surface area contributed by atoms with Gasteiger partial charge in [0.25, 0.3) is 0 Å². The highest BCUT2D eigenvalue weighted by atomic mass is 16.5. The van der Waals surface area contributed by atoms with Crippen molar-refractivity contribution in [3.05, 3.63) is 17.2 Å². The normalized spacial score (nSPS) is 25.5. The van der Waals surface area contributed by atoms with E-state index >= 15 is 0 Å². The van der Waals surface area contributed by atoms with E-state index in [1.54, 1.807) is 0 Å². The summed E-state index contributed by atoms with van der Waals surface area (Å²) in [6.45, 7) is 5.17.